The fourth-order valence-electron chi connectivity index (χ4n) is 1.95. The molecule has 0 fully saturated rings. The number of aromatic nitrogens is 2. The number of ether oxygens (including phenoxy) is 1. The Hall–Kier alpha value is -2.36. The minimum Gasteiger partial charge on any atom is -0.493 e. The summed E-state index contributed by atoms with van der Waals surface area (Å²) in [5, 5.41) is 0. The Balaban J connectivity index is 1.67. The molecule has 0 saturated heterocycles. The van der Waals surface area contributed by atoms with Gasteiger partial charge in [0.05, 0.1) is 12.1 Å². The van der Waals surface area contributed by atoms with Gasteiger partial charge in [-0.1, -0.05) is 24.3 Å². The zero-order chi connectivity index (χ0) is 13.1. The number of nitrogens with zero attached hydrogens (tertiary/aromatic N) is 1. The van der Waals surface area contributed by atoms with Gasteiger partial charge in [0.1, 0.15) is 17.1 Å². The van der Waals surface area contributed by atoms with E-state index >= 15 is 0 Å². The fraction of sp³-hybridized carbons (Fsp3) is 0.133. The molecule has 0 amide bonds. The molecular weight excluding hydrogens is 243 g/mol. The Morgan fingerprint density at radius 3 is 2.68 bits per heavy atom. The molecule has 0 aliphatic heterocycles. The maximum Gasteiger partial charge on any atom is 0.151 e. The smallest absolute Gasteiger partial charge is 0.151 e. The zero-order valence-corrected chi connectivity index (χ0v) is 10.3. The van der Waals surface area contributed by atoms with Crippen LogP contribution in [-0.4, -0.2) is 16.6 Å². The fourth-order valence-corrected chi connectivity index (χ4v) is 1.95. The van der Waals surface area contributed by atoms with Crippen LogP contribution in [0.1, 0.15) is 5.82 Å². The number of imidazole rings is 1. The van der Waals surface area contributed by atoms with Gasteiger partial charge in [0.2, 0.25) is 0 Å². The van der Waals surface area contributed by atoms with Gasteiger partial charge in [0.15, 0.2) is 5.82 Å². The highest BCUT2D eigenvalue weighted by Crippen LogP contribution is 2.15. The predicted octanol–water partition coefficient (Wildman–Crippen LogP) is 3.32. The molecule has 96 valence electrons. The lowest BCUT2D eigenvalue weighted by Crippen LogP contribution is -2.02. The summed E-state index contributed by atoms with van der Waals surface area (Å²) in [7, 11) is 0. The third-order valence-corrected chi connectivity index (χ3v) is 2.86. The summed E-state index contributed by atoms with van der Waals surface area (Å²) >= 11 is 0. The Morgan fingerprint density at radius 1 is 1.05 bits per heavy atom. The summed E-state index contributed by atoms with van der Waals surface area (Å²) in [5.74, 6) is 1.25. The zero-order valence-electron chi connectivity index (χ0n) is 10.3. The average Bonchev–Trinajstić information content (AvgIpc) is 2.84. The van der Waals surface area contributed by atoms with E-state index in [0.29, 0.717) is 18.5 Å². The number of nitrogens with one attached hydrogen (secondary N) is 1. The van der Waals surface area contributed by atoms with Crippen molar-refractivity contribution in [2.24, 2.45) is 0 Å². The van der Waals surface area contributed by atoms with Crippen LogP contribution in [0, 0.1) is 5.82 Å². The van der Waals surface area contributed by atoms with E-state index in [1.165, 1.54) is 6.07 Å². The molecule has 4 heteroatoms. The number of halogens is 1. The Labute approximate surface area is 110 Å². The number of para-hydroxylation sites is 2. The van der Waals surface area contributed by atoms with E-state index in [1.807, 2.05) is 36.4 Å². The third-order valence-electron chi connectivity index (χ3n) is 2.86. The first-order valence-electron chi connectivity index (χ1n) is 6.14. The second-order valence-electron chi connectivity index (χ2n) is 4.23. The van der Waals surface area contributed by atoms with E-state index in [0.717, 1.165) is 17.1 Å². The van der Waals surface area contributed by atoms with Gasteiger partial charge >= 0.3 is 0 Å². The van der Waals surface area contributed by atoms with Crippen molar-refractivity contribution in [3.8, 4) is 5.75 Å². The first-order valence-corrected chi connectivity index (χ1v) is 6.14. The van der Waals surface area contributed by atoms with Gasteiger partial charge in [-0.2, -0.15) is 0 Å². The molecule has 0 unspecified atom stereocenters. The van der Waals surface area contributed by atoms with E-state index in [2.05, 4.69) is 9.97 Å². The molecule has 0 spiro atoms. The van der Waals surface area contributed by atoms with Crippen LogP contribution in [0.15, 0.2) is 48.5 Å². The molecule has 0 radical (unpaired) electrons. The molecular formula is C15H13FN2O. The lowest BCUT2D eigenvalue weighted by molar-refractivity contribution is 0.319. The molecule has 19 heavy (non-hydrogen) atoms. The van der Waals surface area contributed by atoms with Gasteiger partial charge in [0.25, 0.3) is 0 Å². The van der Waals surface area contributed by atoms with Gasteiger partial charge in [0, 0.05) is 6.42 Å². The van der Waals surface area contributed by atoms with Crippen molar-refractivity contribution < 1.29 is 9.13 Å². The van der Waals surface area contributed by atoms with Crippen LogP contribution >= 0.6 is 0 Å². The predicted molar refractivity (Wildman–Crippen MR) is 71.7 cm³/mol. The number of benzene rings is 2. The van der Waals surface area contributed by atoms with E-state index in [1.54, 1.807) is 6.07 Å². The maximum absolute atomic E-state index is 13.5. The van der Waals surface area contributed by atoms with Crippen molar-refractivity contribution in [1.82, 2.24) is 9.97 Å². The van der Waals surface area contributed by atoms with Crippen molar-refractivity contribution in [3.63, 3.8) is 0 Å². The molecule has 3 nitrogen and oxygen atoms in total. The van der Waals surface area contributed by atoms with Crippen LogP contribution in [0.25, 0.3) is 11.0 Å². The van der Waals surface area contributed by atoms with Crippen molar-refractivity contribution in [2.75, 3.05) is 6.61 Å². The first kappa shape index (κ1) is 11.7. The molecule has 1 aromatic heterocycles. The van der Waals surface area contributed by atoms with Crippen molar-refractivity contribution in [3.05, 3.63) is 60.2 Å². The van der Waals surface area contributed by atoms with Crippen LogP contribution in [0.2, 0.25) is 0 Å². The molecule has 0 atom stereocenters. The van der Waals surface area contributed by atoms with Gasteiger partial charge < -0.3 is 9.72 Å². The van der Waals surface area contributed by atoms with E-state index in [-0.39, 0.29) is 5.82 Å². The monoisotopic (exact) mass is 256 g/mol. The van der Waals surface area contributed by atoms with Gasteiger partial charge in [-0.15, -0.1) is 0 Å². The van der Waals surface area contributed by atoms with Crippen LogP contribution in [0.4, 0.5) is 4.39 Å². The number of hydrogen-bond donors (Lipinski definition) is 1. The highest BCUT2D eigenvalue weighted by Gasteiger charge is 2.06. The highest BCUT2D eigenvalue weighted by atomic mass is 19.1. The van der Waals surface area contributed by atoms with E-state index in [9.17, 15) is 4.39 Å². The molecule has 0 saturated carbocycles. The summed E-state index contributed by atoms with van der Waals surface area (Å²) in [4.78, 5) is 7.32. The number of rotatable bonds is 4. The summed E-state index contributed by atoms with van der Waals surface area (Å²) < 4.78 is 19.1. The average molecular weight is 256 g/mol. The Kier molecular flexibility index (Phi) is 3.14. The second-order valence-corrected chi connectivity index (χ2v) is 4.23. The maximum atomic E-state index is 13.5. The van der Waals surface area contributed by atoms with Crippen molar-refractivity contribution >= 4 is 11.0 Å². The second kappa shape index (κ2) is 5.10. The van der Waals surface area contributed by atoms with Crippen LogP contribution in [-0.2, 0) is 6.42 Å². The van der Waals surface area contributed by atoms with Gasteiger partial charge in [-0.3, -0.25) is 0 Å². The SMILES string of the molecule is Fc1cccc2[nH]c(CCOc3ccccc3)nc12. The quantitative estimate of drug-likeness (QED) is 0.777. The first-order chi connectivity index (χ1) is 9.33. The Bertz CT molecular complexity index is 679. The summed E-state index contributed by atoms with van der Waals surface area (Å²) in [5.41, 5.74) is 1.10. The lowest BCUT2D eigenvalue weighted by atomic mass is 10.3. The number of H-pyrrole nitrogens is 1. The van der Waals surface area contributed by atoms with E-state index in [4.69, 9.17) is 4.74 Å². The summed E-state index contributed by atoms with van der Waals surface area (Å²) in [6.45, 7) is 0.505. The number of aromatic amines is 1. The van der Waals surface area contributed by atoms with Crippen molar-refractivity contribution in [1.29, 1.82) is 0 Å². The molecule has 3 rings (SSSR count). The van der Waals surface area contributed by atoms with Crippen LogP contribution < -0.4 is 4.74 Å². The number of fused-ring (bicyclic) bond motifs is 1. The van der Waals surface area contributed by atoms with Gasteiger partial charge in [-0.25, -0.2) is 9.37 Å². The van der Waals surface area contributed by atoms with Gasteiger partial charge in [-0.05, 0) is 24.3 Å². The minimum atomic E-state index is -0.302. The van der Waals surface area contributed by atoms with E-state index < -0.39 is 0 Å². The molecule has 0 aliphatic carbocycles. The molecule has 3 aromatic rings. The largest absolute Gasteiger partial charge is 0.493 e. The minimum absolute atomic E-state index is 0.302. The Morgan fingerprint density at radius 2 is 1.89 bits per heavy atom. The summed E-state index contributed by atoms with van der Waals surface area (Å²) in [6.07, 6.45) is 0.614. The molecule has 1 heterocycles. The lowest BCUT2D eigenvalue weighted by Gasteiger charge is -2.03. The molecule has 0 bridgehead atoms. The normalized spacial score (nSPS) is 10.8. The summed E-state index contributed by atoms with van der Waals surface area (Å²) in [6, 6.07) is 14.5. The van der Waals surface area contributed by atoms with Crippen LogP contribution in [0.5, 0.6) is 5.75 Å². The third kappa shape index (κ3) is 2.57. The number of hydrogen-bond acceptors (Lipinski definition) is 2. The molecule has 2 aromatic carbocycles. The molecule has 1 N–H and O–H groups in total. The topological polar surface area (TPSA) is 37.9 Å². The van der Waals surface area contributed by atoms with Crippen LogP contribution in [0.3, 0.4) is 0 Å². The molecule has 0 aliphatic rings. The highest BCUT2D eigenvalue weighted by molar-refractivity contribution is 5.75. The van der Waals surface area contributed by atoms with Crippen molar-refractivity contribution in [2.45, 2.75) is 6.42 Å². The standard InChI is InChI=1S/C15H13FN2O/c16-12-7-4-8-13-15(12)18-14(17-13)9-10-19-11-5-2-1-3-6-11/h1-8H,9-10H2,(H,17,18).